The summed E-state index contributed by atoms with van der Waals surface area (Å²) in [4.78, 5) is 30.8. The van der Waals surface area contributed by atoms with Crippen LogP contribution in [0.5, 0.6) is 0 Å². The molecule has 2 aromatic heterocycles. The van der Waals surface area contributed by atoms with Gasteiger partial charge in [0.1, 0.15) is 23.9 Å². The standard InChI is InChI=1S/C22H20N4O3/c1-15-4-9-20-24-18(11-21(27)26(20)13-15)14-29-22(28)17(12-23)10-16-5-7-19(8-6-16)25(2)3/h4-11,13H,14H2,1-3H3/b17-10+. The van der Waals surface area contributed by atoms with Crippen molar-refractivity contribution in [1.82, 2.24) is 9.38 Å². The molecule has 0 bridgehead atoms. The van der Waals surface area contributed by atoms with Crippen LogP contribution in [0.1, 0.15) is 16.8 Å². The van der Waals surface area contributed by atoms with Crippen molar-refractivity contribution in [3.05, 3.63) is 81.4 Å². The van der Waals surface area contributed by atoms with Gasteiger partial charge >= 0.3 is 5.97 Å². The van der Waals surface area contributed by atoms with Crippen molar-refractivity contribution in [3.63, 3.8) is 0 Å². The summed E-state index contributed by atoms with van der Waals surface area (Å²) in [7, 11) is 3.85. The second kappa shape index (κ2) is 8.40. The van der Waals surface area contributed by atoms with E-state index < -0.39 is 5.97 Å². The van der Waals surface area contributed by atoms with Crippen LogP contribution in [-0.4, -0.2) is 29.4 Å². The smallest absolute Gasteiger partial charge is 0.349 e. The molecule has 0 aliphatic heterocycles. The molecule has 7 heteroatoms. The Morgan fingerprint density at radius 3 is 2.62 bits per heavy atom. The van der Waals surface area contributed by atoms with Crippen LogP contribution in [0.2, 0.25) is 0 Å². The summed E-state index contributed by atoms with van der Waals surface area (Å²) < 4.78 is 6.62. The number of nitriles is 1. The number of aromatic nitrogens is 2. The molecule has 0 amide bonds. The number of nitrogens with zero attached hydrogens (tertiary/aromatic N) is 4. The number of anilines is 1. The molecule has 0 aliphatic rings. The van der Waals surface area contributed by atoms with Crippen molar-refractivity contribution in [3.8, 4) is 6.07 Å². The molecule has 0 unspecified atom stereocenters. The number of rotatable bonds is 5. The fourth-order valence-corrected chi connectivity index (χ4v) is 2.72. The normalized spacial score (nSPS) is 11.2. The van der Waals surface area contributed by atoms with Crippen molar-refractivity contribution < 1.29 is 9.53 Å². The summed E-state index contributed by atoms with van der Waals surface area (Å²) in [6.07, 6.45) is 3.16. The minimum atomic E-state index is -0.768. The van der Waals surface area contributed by atoms with E-state index in [0.717, 1.165) is 11.3 Å². The van der Waals surface area contributed by atoms with Crippen LogP contribution in [-0.2, 0) is 16.1 Å². The average Bonchev–Trinajstić information content (AvgIpc) is 2.71. The molecule has 2 heterocycles. The van der Waals surface area contributed by atoms with Gasteiger partial charge in [0.15, 0.2) is 0 Å². The van der Waals surface area contributed by atoms with E-state index in [0.29, 0.717) is 16.9 Å². The van der Waals surface area contributed by atoms with E-state index in [1.165, 1.54) is 16.5 Å². The summed E-state index contributed by atoms with van der Waals surface area (Å²) >= 11 is 0. The zero-order valence-corrected chi connectivity index (χ0v) is 16.4. The summed E-state index contributed by atoms with van der Waals surface area (Å²) in [6.45, 7) is 1.68. The van der Waals surface area contributed by atoms with Gasteiger partial charge in [0.05, 0.1) is 5.69 Å². The number of carbonyl (C=O) groups excluding carboxylic acids is 1. The van der Waals surface area contributed by atoms with Crippen LogP contribution >= 0.6 is 0 Å². The van der Waals surface area contributed by atoms with Crippen molar-refractivity contribution >= 4 is 23.4 Å². The van der Waals surface area contributed by atoms with E-state index in [2.05, 4.69) is 4.98 Å². The van der Waals surface area contributed by atoms with Gasteiger partial charge in [0, 0.05) is 32.0 Å². The summed E-state index contributed by atoms with van der Waals surface area (Å²) in [5, 5.41) is 9.31. The highest BCUT2D eigenvalue weighted by Gasteiger charge is 2.12. The maximum Gasteiger partial charge on any atom is 0.349 e. The van der Waals surface area contributed by atoms with E-state index in [1.807, 2.05) is 62.3 Å². The summed E-state index contributed by atoms with van der Waals surface area (Å²) in [6, 6.07) is 14.1. The Labute approximate surface area is 168 Å². The number of pyridine rings is 1. The molecule has 0 saturated heterocycles. The zero-order chi connectivity index (χ0) is 21.0. The highest BCUT2D eigenvalue weighted by atomic mass is 16.5. The van der Waals surface area contributed by atoms with Crippen LogP contribution in [0, 0.1) is 18.3 Å². The fourth-order valence-electron chi connectivity index (χ4n) is 2.72. The lowest BCUT2D eigenvalue weighted by atomic mass is 10.1. The molecule has 0 N–H and O–H groups in total. The lowest BCUT2D eigenvalue weighted by molar-refractivity contribution is -0.139. The molecular weight excluding hydrogens is 368 g/mol. The first-order valence-electron chi connectivity index (χ1n) is 8.92. The predicted molar refractivity (Wildman–Crippen MR) is 110 cm³/mol. The SMILES string of the molecule is Cc1ccc2nc(COC(=O)/C(C#N)=C/c3ccc(N(C)C)cc3)cc(=O)n2c1. The number of hydrogen-bond acceptors (Lipinski definition) is 6. The van der Waals surface area contributed by atoms with Gasteiger partial charge in [-0.25, -0.2) is 9.78 Å². The second-order valence-electron chi connectivity index (χ2n) is 6.75. The van der Waals surface area contributed by atoms with Gasteiger partial charge in [-0.05, 0) is 42.3 Å². The number of carbonyl (C=O) groups is 1. The Kier molecular flexibility index (Phi) is 5.74. The number of hydrogen-bond donors (Lipinski definition) is 0. The van der Waals surface area contributed by atoms with Crippen LogP contribution in [0.25, 0.3) is 11.7 Å². The van der Waals surface area contributed by atoms with Gasteiger partial charge in [-0.1, -0.05) is 18.2 Å². The minimum absolute atomic E-state index is 0.129. The van der Waals surface area contributed by atoms with Crippen molar-refractivity contribution in [2.75, 3.05) is 19.0 Å². The van der Waals surface area contributed by atoms with Gasteiger partial charge in [-0.15, -0.1) is 0 Å². The Bertz CT molecular complexity index is 1190. The first-order chi connectivity index (χ1) is 13.9. The van der Waals surface area contributed by atoms with Crippen LogP contribution in [0.3, 0.4) is 0 Å². The molecule has 29 heavy (non-hydrogen) atoms. The Balaban J connectivity index is 1.75. The molecule has 0 atom stereocenters. The van der Waals surface area contributed by atoms with Gasteiger partial charge in [0.25, 0.3) is 5.56 Å². The van der Waals surface area contributed by atoms with Gasteiger partial charge in [-0.2, -0.15) is 5.26 Å². The molecule has 146 valence electrons. The lowest BCUT2D eigenvalue weighted by Crippen LogP contribution is -2.17. The van der Waals surface area contributed by atoms with Crippen LogP contribution in [0.15, 0.2) is 59.0 Å². The Morgan fingerprint density at radius 1 is 1.24 bits per heavy atom. The molecule has 0 saturated carbocycles. The van der Waals surface area contributed by atoms with E-state index in [-0.39, 0.29) is 17.7 Å². The first kappa shape index (κ1) is 19.8. The second-order valence-corrected chi connectivity index (χ2v) is 6.75. The third-order valence-corrected chi connectivity index (χ3v) is 4.27. The van der Waals surface area contributed by atoms with Crippen molar-refractivity contribution in [2.45, 2.75) is 13.5 Å². The number of fused-ring (bicyclic) bond motifs is 1. The third kappa shape index (κ3) is 4.68. The minimum Gasteiger partial charge on any atom is -0.455 e. The maximum atomic E-state index is 12.3. The van der Waals surface area contributed by atoms with E-state index in [9.17, 15) is 14.9 Å². The maximum absolute atomic E-state index is 12.3. The third-order valence-electron chi connectivity index (χ3n) is 4.27. The number of aryl methyl sites for hydroxylation is 1. The van der Waals surface area contributed by atoms with E-state index in [1.54, 1.807) is 12.3 Å². The molecule has 0 spiro atoms. The molecule has 3 rings (SSSR count). The number of ether oxygens (including phenoxy) is 1. The number of benzene rings is 1. The Morgan fingerprint density at radius 2 is 1.97 bits per heavy atom. The average molecular weight is 388 g/mol. The fraction of sp³-hybridized carbons (Fsp3) is 0.182. The first-order valence-corrected chi connectivity index (χ1v) is 8.92. The van der Waals surface area contributed by atoms with Crippen LogP contribution < -0.4 is 10.5 Å². The largest absolute Gasteiger partial charge is 0.455 e. The summed E-state index contributed by atoms with van der Waals surface area (Å²) in [5.41, 5.74) is 3.04. The molecule has 0 aliphatic carbocycles. The van der Waals surface area contributed by atoms with Crippen LogP contribution in [0.4, 0.5) is 5.69 Å². The molecular formula is C22H20N4O3. The van der Waals surface area contributed by atoms with Crippen molar-refractivity contribution in [2.24, 2.45) is 0 Å². The molecule has 3 aromatic rings. The monoisotopic (exact) mass is 388 g/mol. The predicted octanol–water partition coefficient (Wildman–Crippen LogP) is 2.72. The molecule has 0 radical (unpaired) electrons. The number of esters is 1. The van der Waals surface area contributed by atoms with E-state index >= 15 is 0 Å². The highest BCUT2D eigenvalue weighted by molar-refractivity contribution is 5.97. The zero-order valence-electron chi connectivity index (χ0n) is 16.4. The topological polar surface area (TPSA) is 87.7 Å². The van der Waals surface area contributed by atoms with Gasteiger partial charge < -0.3 is 9.64 Å². The molecule has 0 fully saturated rings. The quantitative estimate of drug-likeness (QED) is 0.379. The summed E-state index contributed by atoms with van der Waals surface area (Å²) in [5.74, 6) is -0.768. The van der Waals surface area contributed by atoms with Gasteiger partial charge in [0.2, 0.25) is 0 Å². The molecule has 1 aromatic carbocycles. The van der Waals surface area contributed by atoms with E-state index in [4.69, 9.17) is 4.74 Å². The lowest BCUT2D eigenvalue weighted by Gasteiger charge is -2.11. The molecule has 7 nitrogen and oxygen atoms in total. The highest BCUT2D eigenvalue weighted by Crippen LogP contribution is 2.15. The van der Waals surface area contributed by atoms with Crippen molar-refractivity contribution in [1.29, 1.82) is 5.26 Å². The Hall–Kier alpha value is -3.92. The van der Waals surface area contributed by atoms with Gasteiger partial charge in [-0.3, -0.25) is 9.20 Å².